The third kappa shape index (κ3) is 42.2. The number of azide groups is 1. The fraction of sp³-hybridized carbons (Fsp3) is 0.600. The van der Waals surface area contributed by atoms with Crippen LogP contribution in [0.2, 0.25) is 0 Å². The average molecular weight is 1520 g/mol. The van der Waals surface area contributed by atoms with Crippen LogP contribution in [0.1, 0.15) is 127 Å². The van der Waals surface area contributed by atoms with Crippen LogP contribution in [-0.4, -0.2) is 240 Å². The van der Waals surface area contributed by atoms with E-state index in [1.165, 1.54) is 18.7 Å². The number of ketones is 2. The van der Waals surface area contributed by atoms with Crippen molar-refractivity contribution < 1.29 is 90.9 Å². The minimum atomic E-state index is -1.26. The predicted molar refractivity (Wildman–Crippen MR) is 394 cm³/mol. The summed E-state index contributed by atoms with van der Waals surface area (Å²) in [5, 5.41) is 26.6. The molecule has 1 heterocycles. The van der Waals surface area contributed by atoms with Crippen LogP contribution in [0.4, 0.5) is 5.69 Å². The lowest BCUT2D eigenvalue weighted by Gasteiger charge is -2.26. The van der Waals surface area contributed by atoms with Crippen molar-refractivity contribution in [2.24, 2.45) is 27.3 Å². The Balaban J connectivity index is 1.35. The molecule has 0 aromatic heterocycles. The van der Waals surface area contributed by atoms with Crippen molar-refractivity contribution in [2.75, 3.05) is 110 Å². The highest BCUT2D eigenvalue weighted by Gasteiger charge is 2.39. The van der Waals surface area contributed by atoms with Crippen molar-refractivity contribution in [3.63, 3.8) is 0 Å². The minimum Gasteiger partial charge on any atom is -0.379 e. The molecule has 0 spiro atoms. The number of aryl methyl sites for hydroxylation is 1. The summed E-state index contributed by atoms with van der Waals surface area (Å²) in [6, 6.07) is 9.90. The molecule has 6 atom stereocenters. The van der Waals surface area contributed by atoms with Crippen LogP contribution < -0.4 is 65.1 Å². The van der Waals surface area contributed by atoms with Gasteiger partial charge in [0, 0.05) is 88.3 Å². The number of ether oxygens (including phenoxy) is 4. The van der Waals surface area contributed by atoms with Crippen molar-refractivity contribution in [3.05, 3.63) is 76.2 Å². The second-order valence-corrected chi connectivity index (χ2v) is 26.1. The Bertz CT molecular complexity index is 3250. The molecule has 1 saturated heterocycles. The van der Waals surface area contributed by atoms with E-state index in [-0.39, 0.29) is 211 Å². The van der Waals surface area contributed by atoms with Gasteiger partial charge >= 0.3 is 0 Å². The lowest BCUT2D eigenvalue weighted by molar-refractivity contribution is -0.139. The first-order valence-electron chi connectivity index (χ1n) is 35.7. The number of likely N-dealkylation sites (tertiary alicyclic amines) is 1. The fourth-order valence-electron chi connectivity index (χ4n) is 10.3. The first-order valence-corrected chi connectivity index (χ1v) is 36.8. The molecular weight excluding hydrogens is 1410 g/mol. The second kappa shape index (κ2) is 55.6. The van der Waals surface area contributed by atoms with Gasteiger partial charge in [0.2, 0.25) is 65.0 Å². The topological polar surface area (TPSA) is 544 Å². The van der Waals surface area contributed by atoms with E-state index < -0.39 is 88.6 Å². The number of amides is 11. The van der Waals surface area contributed by atoms with Gasteiger partial charge in [0.25, 0.3) is 0 Å². The molecule has 1 aliphatic heterocycles. The van der Waals surface area contributed by atoms with Crippen molar-refractivity contribution in [1.82, 2.24) is 47.4 Å². The molecule has 2 unspecified atom stereocenters. The van der Waals surface area contributed by atoms with Gasteiger partial charge in [0.1, 0.15) is 54.9 Å². The Morgan fingerprint density at radius 3 is 1.81 bits per heavy atom. The van der Waals surface area contributed by atoms with Crippen LogP contribution in [0.5, 0.6) is 0 Å². The number of Topliss-reactive ketones (excluding diaryl/α,β-unsaturated/α-hetero) is 2. The lowest BCUT2D eigenvalue weighted by Crippen LogP contribution is -2.58. The Kier molecular flexibility index (Phi) is 47.5. The summed E-state index contributed by atoms with van der Waals surface area (Å²) in [5.41, 5.74) is 27.4. The SMILES string of the molecule is CC(=O)CC(=O)CCc1ccc(NC(=O)CCCCSC2CC(=O)N(CCC(=O)NC(CCCCNC(=O)CN=[N+]=[N-])C(=O)NCCOCCOCCOCCOCCC(=O)NCCCC[C@H](NC(=O)[C@@H](Cc3ccccc3)NC(=O)[C@@H](N)CC=O)C(=O)N[C@@H](CCCN=C(N)N)C(=O)NCC=O)C2=O)cc1. The summed E-state index contributed by atoms with van der Waals surface area (Å²) < 4.78 is 22.3. The van der Waals surface area contributed by atoms with Gasteiger partial charge in [-0.05, 0) is 112 Å². The number of nitrogens with two attached hydrogens (primary N) is 3. The number of benzene rings is 2. The molecule has 0 aliphatic carbocycles. The largest absolute Gasteiger partial charge is 0.379 e. The van der Waals surface area contributed by atoms with Crippen molar-refractivity contribution in [1.29, 1.82) is 0 Å². The van der Waals surface area contributed by atoms with Gasteiger partial charge in [-0.2, -0.15) is 0 Å². The second-order valence-electron chi connectivity index (χ2n) is 24.8. The third-order valence-electron chi connectivity index (χ3n) is 16.0. The Hall–Kier alpha value is -9.78. The highest BCUT2D eigenvalue weighted by molar-refractivity contribution is 8.00. The third-order valence-corrected chi connectivity index (χ3v) is 17.3. The van der Waals surface area contributed by atoms with E-state index in [1.54, 1.807) is 42.5 Å². The van der Waals surface area contributed by atoms with Crippen LogP contribution in [0.15, 0.2) is 64.7 Å². The highest BCUT2D eigenvalue weighted by Crippen LogP contribution is 2.27. The molecule has 15 N–H and O–H groups in total. The number of aliphatic imine (C=N–C) groups is 1. The molecular formula is C70H105N17O19S. The van der Waals surface area contributed by atoms with Crippen LogP contribution in [0.3, 0.4) is 0 Å². The van der Waals surface area contributed by atoms with Gasteiger partial charge in [-0.15, -0.1) is 11.8 Å². The number of hydrogen-bond acceptors (Lipinski definition) is 23. The molecule has 0 radical (unpaired) electrons. The molecule has 590 valence electrons. The smallest absolute Gasteiger partial charge is 0.243 e. The zero-order valence-electron chi connectivity index (χ0n) is 60.7. The van der Waals surface area contributed by atoms with Gasteiger partial charge in [0.05, 0.1) is 77.1 Å². The molecule has 0 saturated carbocycles. The lowest BCUT2D eigenvalue weighted by atomic mass is 10.0. The Morgan fingerprint density at radius 2 is 1.19 bits per heavy atom. The number of hydrogen-bond donors (Lipinski definition) is 12. The number of thioether (sulfide) groups is 1. The van der Waals surface area contributed by atoms with E-state index in [0.717, 1.165) is 10.5 Å². The summed E-state index contributed by atoms with van der Waals surface area (Å²) in [7, 11) is 0. The summed E-state index contributed by atoms with van der Waals surface area (Å²) in [6.07, 6.45) is 4.37. The highest BCUT2D eigenvalue weighted by atomic mass is 32.2. The maximum absolute atomic E-state index is 14.0. The zero-order chi connectivity index (χ0) is 78.4. The number of guanidine groups is 1. The normalized spacial score (nSPS) is 13.7. The average Bonchev–Trinajstić information content (AvgIpc) is 1.72. The summed E-state index contributed by atoms with van der Waals surface area (Å²) in [4.78, 5) is 197. The van der Waals surface area contributed by atoms with Gasteiger partial charge in [0.15, 0.2) is 5.96 Å². The van der Waals surface area contributed by atoms with Gasteiger partial charge in [-0.1, -0.05) is 47.6 Å². The number of carbonyl (C=O) groups excluding carboxylic acids is 15. The zero-order valence-corrected chi connectivity index (χ0v) is 61.5. The Labute approximate surface area is 625 Å². The maximum atomic E-state index is 14.0. The predicted octanol–water partition coefficient (Wildman–Crippen LogP) is -0.550. The van der Waals surface area contributed by atoms with E-state index in [2.05, 4.69) is 62.9 Å². The van der Waals surface area contributed by atoms with Crippen molar-refractivity contribution in [2.45, 2.75) is 164 Å². The Morgan fingerprint density at radius 1 is 0.598 bits per heavy atom. The number of carbonyl (C=O) groups is 15. The monoisotopic (exact) mass is 1520 g/mol. The summed E-state index contributed by atoms with van der Waals surface area (Å²) in [6.45, 7) is 2.55. The van der Waals surface area contributed by atoms with E-state index in [4.69, 9.17) is 41.7 Å². The first-order chi connectivity index (χ1) is 51.5. The van der Waals surface area contributed by atoms with E-state index in [1.807, 2.05) is 12.1 Å². The van der Waals surface area contributed by atoms with Crippen LogP contribution in [0.25, 0.3) is 10.4 Å². The number of nitrogens with one attached hydrogen (secondary N) is 9. The molecule has 37 heteroatoms. The van der Waals surface area contributed by atoms with Gasteiger partial charge in [-0.25, -0.2) is 0 Å². The molecule has 1 aliphatic rings. The van der Waals surface area contributed by atoms with Crippen LogP contribution >= 0.6 is 11.8 Å². The number of anilines is 1. The van der Waals surface area contributed by atoms with E-state index in [0.29, 0.717) is 68.1 Å². The maximum Gasteiger partial charge on any atom is 0.243 e. The number of unbranched alkanes of at least 4 members (excludes halogenated alkanes) is 3. The number of imide groups is 1. The number of rotatable bonds is 61. The molecule has 2 aromatic rings. The molecule has 2 aromatic carbocycles. The molecule has 3 rings (SSSR count). The molecule has 107 heavy (non-hydrogen) atoms. The molecule has 11 amide bonds. The van der Waals surface area contributed by atoms with E-state index in [9.17, 15) is 71.9 Å². The molecule has 0 bridgehead atoms. The van der Waals surface area contributed by atoms with Gasteiger partial charge in [-0.3, -0.25) is 72.2 Å². The minimum absolute atomic E-state index is 0.00820. The van der Waals surface area contributed by atoms with Gasteiger partial charge < -0.3 is 93.6 Å². The number of aldehydes is 2. The van der Waals surface area contributed by atoms with E-state index >= 15 is 0 Å². The van der Waals surface area contributed by atoms with Crippen molar-refractivity contribution in [3.8, 4) is 0 Å². The number of nitrogens with zero attached hydrogens (tertiary/aromatic N) is 5. The fourth-order valence-corrected chi connectivity index (χ4v) is 11.5. The quantitative estimate of drug-likeness (QED) is 0.00455. The molecule has 36 nitrogen and oxygen atoms in total. The summed E-state index contributed by atoms with van der Waals surface area (Å²) in [5.74, 6) is -5.81. The van der Waals surface area contributed by atoms with Crippen LogP contribution in [-0.2, 0) is 104 Å². The standard InChI is InChI=1S/C70H105N17O19S/c1-48(90)44-52(91)23-20-49-18-21-51(22-19-49)81-60(93)17-7-10-43-107-58-46-63(96)87(69(58)102)32-24-61(94)82-54(14-5-9-28-76-62(95)47-80-86-74)65(98)78-31-36-104-38-40-106-42-41-105-39-37-103-35-26-59(92)75-27-8-6-15-56(67(100)83-55(66(99)77-30-34-89)16-11-29-79-70(72)73)84-68(101)57(45-50-12-3-2-4-13-50)85-64(97)53(71)25-33-88/h2-4,12-13,18-19,21-22,33-34,53-58H,5-11,14-17,20,23-32,35-47,71H2,1H3,(H,75,92)(H,76,95)(H,77,99)(H,78,98)(H,81,93)(H,82,94)(H,83,100)(H,84,101)(H,85,97)(H4,72,73,79)/t53-,54?,55-,56-,57+,58?/m0/s1. The van der Waals surface area contributed by atoms with Crippen LogP contribution in [0, 0.1) is 0 Å². The molecule has 1 fully saturated rings. The first kappa shape index (κ1) is 91.4. The summed E-state index contributed by atoms with van der Waals surface area (Å²) >= 11 is 1.31. The van der Waals surface area contributed by atoms with Crippen molar-refractivity contribution >= 4 is 113 Å².